The Hall–Kier alpha value is -3.62. The maximum absolute atomic E-state index is 12.3. The zero-order valence-electron chi connectivity index (χ0n) is 12.4. The van der Waals surface area contributed by atoms with Crippen molar-refractivity contribution in [2.45, 2.75) is 6.54 Å². The third-order valence-corrected chi connectivity index (χ3v) is 3.41. The van der Waals surface area contributed by atoms with Gasteiger partial charge in [-0.1, -0.05) is 6.07 Å². The molecule has 0 aliphatic carbocycles. The van der Waals surface area contributed by atoms with E-state index in [0.717, 1.165) is 5.56 Å². The quantitative estimate of drug-likeness (QED) is 0.592. The maximum atomic E-state index is 12.3. The Balaban J connectivity index is 1.54. The van der Waals surface area contributed by atoms with Crippen LogP contribution in [0.1, 0.15) is 16.1 Å². The average Bonchev–Trinajstić information content (AvgIpc) is 3.29. The van der Waals surface area contributed by atoms with Gasteiger partial charge in [0.25, 0.3) is 5.91 Å². The Kier molecular flexibility index (Phi) is 3.43. The fourth-order valence-electron chi connectivity index (χ4n) is 2.30. The summed E-state index contributed by atoms with van der Waals surface area (Å²) in [5.41, 5.74) is 1.12. The van der Waals surface area contributed by atoms with Crippen LogP contribution in [0.2, 0.25) is 0 Å². The number of carbonyl (C=O) groups is 1. The van der Waals surface area contributed by atoms with Crippen molar-refractivity contribution in [2.75, 3.05) is 0 Å². The molecule has 0 unspecified atom stereocenters. The van der Waals surface area contributed by atoms with Gasteiger partial charge in [0.2, 0.25) is 5.78 Å². The van der Waals surface area contributed by atoms with E-state index in [9.17, 15) is 4.79 Å². The SMILES string of the molecule is O=C(NCc1cccnc1-n1cncn1)c1cn2cccnc2n1. The van der Waals surface area contributed by atoms with E-state index >= 15 is 0 Å². The molecule has 1 N–H and O–H groups in total. The lowest BCUT2D eigenvalue weighted by molar-refractivity contribution is 0.0946. The normalized spacial score (nSPS) is 10.8. The minimum atomic E-state index is -0.283. The number of nitrogens with one attached hydrogen (secondary N) is 1. The van der Waals surface area contributed by atoms with Crippen LogP contribution in [0.3, 0.4) is 0 Å². The van der Waals surface area contributed by atoms with Gasteiger partial charge in [-0.05, 0) is 12.1 Å². The molecule has 24 heavy (non-hydrogen) atoms. The van der Waals surface area contributed by atoms with Crippen LogP contribution in [0, 0.1) is 0 Å². The number of nitrogens with zero attached hydrogens (tertiary/aromatic N) is 7. The summed E-state index contributed by atoms with van der Waals surface area (Å²) >= 11 is 0. The van der Waals surface area contributed by atoms with Gasteiger partial charge in [0.15, 0.2) is 5.82 Å². The first-order chi connectivity index (χ1) is 11.8. The van der Waals surface area contributed by atoms with Crippen LogP contribution in [0.25, 0.3) is 11.6 Å². The second-order valence-electron chi connectivity index (χ2n) is 4.96. The summed E-state index contributed by atoms with van der Waals surface area (Å²) in [6.07, 6.45) is 9.71. The van der Waals surface area contributed by atoms with Gasteiger partial charge in [-0.3, -0.25) is 9.20 Å². The molecule has 1 amide bonds. The molecule has 4 aromatic rings. The van der Waals surface area contributed by atoms with Crippen molar-refractivity contribution in [1.82, 2.24) is 39.4 Å². The molecule has 0 aliphatic rings. The van der Waals surface area contributed by atoms with Crippen molar-refractivity contribution < 1.29 is 4.79 Å². The van der Waals surface area contributed by atoms with Gasteiger partial charge in [0, 0.05) is 36.9 Å². The molecule has 4 heterocycles. The molecule has 0 aromatic carbocycles. The van der Waals surface area contributed by atoms with Crippen molar-refractivity contribution in [3.63, 3.8) is 0 Å². The Morgan fingerprint density at radius 3 is 2.96 bits per heavy atom. The van der Waals surface area contributed by atoms with E-state index in [0.29, 0.717) is 23.8 Å². The van der Waals surface area contributed by atoms with Gasteiger partial charge in [0.05, 0.1) is 0 Å². The van der Waals surface area contributed by atoms with Crippen molar-refractivity contribution in [2.24, 2.45) is 0 Å². The fourth-order valence-corrected chi connectivity index (χ4v) is 2.30. The molecule has 118 valence electrons. The first kappa shape index (κ1) is 14.0. The Bertz CT molecular complexity index is 959. The van der Waals surface area contributed by atoms with Crippen LogP contribution in [-0.2, 0) is 6.54 Å². The van der Waals surface area contributed by atoms with E-state index in [4.69, 9.17) is 0 Å². The first-order valence-electron chi connectivity index (χ1n) is 7.18. The number of hydrogen-bond acceptors (Lipinski definition) is 6. The average molecular weight is 320 g/mol. The topological polar surface area (TPSA) is 103 Å². The van der Waals surface area contributed by atoms with Gasteiger partial charge in [-0.15, -0.1) is 0 Å². The lowest BCUT2D eigenvalue weighted by atomic mass is 10.2. The summed E-state index contributed by atoms with van der Waals surface area (Å²) in [6, 6.07) is 5.45. The smallest absolute Gasteiger partial charge is 0.271 e. The molecular weight excluding hydrogens is 308 g/mol. The highest BCUT2D eigenvalue weighted by atomic mass is 16.1. The molecule has 0 fully saturated rings. The second-order valence-corrected chi connectivity index (χ2v) is 4.96. The molecule has 0 aliphatic heterocycles. The van der Waals surface area contributed by atoms with Gasteiger partial charge >= 0.3 is 0 Å². The van der Waals surface area contributed by atoms with E-state index in [1.165, 1.54) is 6.33 Å². The molecule has 9 heteroatoms. The van der Waals surface area contributed by atoms with E-state index in [-0.39, 0.29) is 5.91 Å². The number of aromatic nitrogens is 7. The lowest BCUT2D eigenvalue weighted by Crippen LogP contribution is -2.24. The number of rotatable bonds is 4. The van der Waals surface area contributed by atoms with Crippen LogP contribution in [0.5, 0.6) is 0 Å². The monoisotopic (exact) mass is 320 g/mol. The number of hydrogen-bond donors (Lipinski definition) is 1. The van der Waals surface area contributed by atoms with Crippen molar-refractivity contribution in [1.29, 1.82) is 0 Å². The molecule has 0 saturated carbocycles. The summed E-state index contributed by atoms with van der Waals surface area (Å²) in [7, 11) is 0. The maximum Gasteiger partial charge on any atom is 0.271 e. The highest BCUT2D eigenvalue weighted by Gasteiger charge is 2.13. The molecule has 4 rings (SSSR count). The van der Waals surface area contributed by atoms with Crippen LogP contribution in [0.4, 0.5) is 0 Å². The molecule has 9 nitrogen and oxygen atoms in total. The van der Waals surface area contributed by atoms with Crippen molar-refractivity contribution in [3.8, 4) is 5.82 Å². The molecule has 0 saturated heterocycles. The molecule has 0 radical (unpaired) electrons. The van der Waals surface area contributed by atoms with E-state index < -0.39 is 0 Å². The standard InChI is InChI=1S/C15H12N8O/c24-14(12-8-22-6-2-5-18-15(22)21-12)19-7-11-3-1-4-17-13(11)23-10-16-9-20-23/h1-6,8-10H,7H2,(H,19,24). The molecule has 0 spiro atoms. The van der Waals surface area contributed by atoms with Crippen molar-refractivity contribution in [3.05, 3.63) is 66.9 Å². The summed E-state index contributed by atoms with van der Waals surface area (Å²) < 4.78 is 3.25. The number of carbonyl (C=O) groups excluding carboxylic acids is 1. The Morgan fingerprint density at radius 2 is 2.12 bits per heavy atom. The Labute approximate surface area is 136 Å². The third kappa shape index (κ3) is 2.58. The first-order valence-corrected chi connectivity index (χ1v) is 7.18. The molecular formula is C15H12N8O. The number of fused-ring (bicyclic) bond motifs is 1. The minimum Gasteiger partial charge on any atom is -0.346 e. The van der Waals surface area contributed by atoms with Gasteiger partial charge in [0.1, 0.15) is 18.3 Å². The van der Waals surface area contributed by atoms with Gasteiger partial charge < -0.3 is 5.32 Å². The number of amides is 1. The van der Waals surface area contributed by atoms with Gasteiger partial charge in [-0.25, -0.2) is 24.6 Å². The van der Waals surface area contributed by atoms with Crippen LogP contribution < -0.4 is 5.32 Å². The summed E-state index contributed by atoms with van der Waals surface area (Å²) in [5, 5.41) is 6.90. The summed E-state index contributed by atoms with van der Waals surface area (Å²) in [5.74, 6) is 0.813. The van der Waals surface area contributed by atoms with Gasteiger partial charge in [-0.2, -0.15) is 5.10 Å². The zero-order chi connectivity index (χ0) is 16.4. The summed E-state index contributed by atoms with van der Waals surface area (Å²) in [6.45, 7) is 0.295. The fraction of sp³-hybridized carbons (Fsp3) is 0.0667. The number of pyridine rings is 1. The predicted molar refractivity (Wildman–Crippen MR) is 83.3 cm³/mol. The van der Waals surface area contributed by atoms with E-state index in [1.807, 2.05) is 6.07 Å². The van der Waals surface area contributed by atoms with Crippen LogP contribution >= 0.6 is 0 Å². The number of imidazole rings is 1. The Morgan fingerprint density at radius 1 is 1.21 bits per heavy atom. The highest BCUT2D eigenvalue weighted by Crippen LogP contribution is 2.10. The zero-order valence-corrected chi connectivity index (χ0v) is 12.4. The lowest BCUT2D eigenvalue weighted by Gasteiger charge is -2.08. The minimum absolute atomic E-state index is 0.283. The van der Waals surface area contributed by atoms with Crippen LogP contribution in [0.15, 0.2) is 55.6 Å². The summed E-state index contributed by atoms with van der Waals surface area (Å²) in [4.78, 5) is 28.8. The van der Waals surface area contributed by atoms with E-state index in [2.05, 4.69) is 30.4 Å². The predicted octanol–water partition coefficient (Wildman–Crippen LogP) is 0.635. The molecule has 0 atom stereocenters. The molecule has 0 bridgehead atoms. The highest BCUT2D eigenvalue weighted by molar-refractivity contribution is 5.92. The second kappa shape index (κ2) is 5.88. The van der Waals surface area contributed by atoms with E-state index in [1.54, 1.807) is 52.3 Å². The largest absolute Gasteiger partial charge is 0.346 e. The van der Waals surface area contributed by atoms with Crippen LogP contribution in [-0.4, -0.2) is 40.0 Å². The van der Waals surface area contributed by atoms with Crippen molar-refractivity contribution >= 4 is 11.7 Å². The molecule has 4 aromatic heterocycles. The third-order valence-electron chi connectivity index (χ3n) is 3.41.